The van der Waals surface area contributed by atoms with Crippen molar-refractivity contribution in [1.82, 2.24) is 0 Å². The predicted molar refractivity (Wildman–Crippen MR) is 106 cm³/mol. The third-order valence-corrected chi connectivity index (χ3v) is 3.90. The van der Waals surface area contributed by atoms with Gasteiger partial charge in [-0.1, -0.05) is 18.2 Å². The molecule has 0 fully saturated rings. The molecule has 4 N–H and O–H groups in total. The second kappa shape index (κ2) is 10.8. The van der Waals surface area contributed by atoms with E-state index in [1.54, 1.807) is 12.1 Å². The second-order valence-electron chi connectivity index (χ2n) is 5.92. The first kappa shape index (κ1) is 24.4. The number of anilines is 2. The maximum Gasteiger partial charge on any atom is 0.416 e. The fourth-order valence-electron chi connectivity index (χ4n) is 2.43. The summed E-state index contributed by atoms with van der Waals surface area (Å²) in [5.41, 5.74) is 4.93. The molecule has 0 bridgehead atoms. The molecule has 2 aromatic carbocycles. The van der Waals surface area contributed by atoms with Crippen molar-refractivity contribution in [2.45, 2.75) is 18.7 Å². The van der Waals surface area contributed by atoms with Crippen molar-refractivity contribution in [1.29, 1.82) is 0 Å². The average molecular weight is 432 g/mol. The number of alkyl halides is 3. The highest BCUT2D eigenvalue weighted by molar-refractivity contribution is 6.10. The van der Waals surface area contributed by atoms with E-state index in [4.69, 9.17) is 10.5 Å². The molecule has 0 saturated carbocycles. The first-order valence-electron chi connectivity index (χ1n) is 8.35. The van der Waals surface area contributed by atoms with Gasteiger partial charge in [-0.15, -0.1) is 12.4 Å². The number of rotatable bonds is 7. The summed E-state index contributed by atoms with van der Waals surface area (Å²) in [4.78, 5) is 24.6. The molecule has 158 valence electrons. The van der Waals surface area contributed by atoms with Crippen LogP contribution < -0.4 is 16.4 Å². The standard InChI is InChI=1S/C19H20F3N3O3.ClH/c1-28-14(11-23)10-17(26)25-16-8-3-2-7-15(16)18(27)24-13-6-4-5-12(9-13)19(20,21)22;/h2-9,14H,10-11,23H2,1H3,(H,24,27)(H,25,26);1H. The maximum atomic E-state index is 12.8. The lowest BCUT2D eigenvalue weighted by molar-refractivity contribution is -0.137. The minimum Gasteiger partial charge on any atom is -0.380 e. The molecule has 2 amide bonds. The van der Waals surface area contributed by atoms with E-state index in [9.17, 15) is 22.8 Å². The Morgan fingerprint density at radius 3 is 2.41 bits per heavy atom. The first-order chi connectivity index (χ1) is 13.2. The van der Waals surface area contributed by atoms with Gasteiger partial charge in [-0.3, -0.25) is 9.59 Å². The van der Waals surface area contributed by atoms with Crippen LogP contribution in [0.25, 0.3) is 0 Å². The third kappa shape index (κ3) is 7.04. The Bertz CT molecular complexity index is 843. The topological polar surface area (TPSA) is 93.4 Å². The van der Waals surface area contributed by atoms with Gasteiger partial charge in [0.1, 0.15) is 0 Å². The van der Waals surface area contributed by atoms with E-state index in [2.05, 4.69) is 10.6 Å². The zero-order valence-corrected chi connectivity index (χ0v) is 16.3. The molecule has 0 saturated heterocycles. The Balaban J connectivity index is 0.00000420. The van der Waals surface area contributed by atoms with Crippen LogP contribution in [0.1, 0.15) is 22.3 Å². The van der Waals surface area contributed by atoms with Crippen LogP contribution in [0.4, 0.5) is 24.5 Å². The normalized spacial score (nSPS) is 11.9. The summed E-state index contributed by atoms with van der Waals surface area (Å²) < 4.78 is 43.5. The van der Waals surface area contributed by atoms with Crippen LogP contribution in [-0.2, 0) is 15.7 Å². The van der Waals surface area contributed by atoms with Crippen molar-refractivity contribution >= 4 is 35.6 Å². The van der Waals surface area contributed by atoms with Crippen LogP contribution in [0.5, 0.6) is 0 Å². The van der Waals surface area contributed by atoms with Crippen molar-refractivity contribution in [2.75, 3.05) is 24.3 Å². The molecule has 0 aliphatic rings. The lowest BCUT2D eigenvalue weighted by Crippen LogP contribution is -2.28. The fourth-order valence-corrected chi connectivity index (χ4v) is 2.43. The van der Waals surface area contributed by atoms with E-state index in [0.29, 0.717) is 0 Å². The Kier molecular flexibility index (Phi) is 9.09. The van der Waals surface area contributed by atoms with Crippen LogP contribution in [0.3, 0.4) is 0 Å². The molecule has 0 radical (unpaired) electrons. The van der Waals surface area contributed by atoms with E-state index < -0.39 is 29.7 Å². The minimum atomic E-state index is -4.52. The van der Waals surface area contributed by atoms with E-state index in [1.807, 2.05) is 0 Å². The van der Waals surface area contributed by atoms with Gasteiger partial charge in [0.05, 0.1) is 29.3 Å². The van der Waals surface area contributed by atoms with Crippen LogP contribution in [-0.4, -0.2) is 31.6 Å². The third-order valence-electron chi connectivity index (χ3n) is 3.90. The fraction of sp³-hybridized carbons (Fsp3) is 0.263. The SMILES string of the molecule is COC(CN)CC(=O)Nc1ccccc1C(=O)Nc1cccc(C(F)(F)F)c1.Cl. The highest BCUT2D eigenvalue weighted by Crippen LogP contribution is 2.31. The summed E-state index contributed by atoms with van der Waals surface area (Å²) in [6.07, 6.45) is -4.99. The Hall–Kier alpha value is -2.62. The molecule has 6 nitrogen and oxygen atoms in total. The zero-order chi connectivity index (χ0) is 20.7. The molecule has 1 atom stereocenters. The van der Waals surface area contributed by atoms with Crippen LogP contribution in [0.15, 0.2) is 48.5 Å². The van der Waals surface area contributed by atoms with E-state index in [0.717, 1.165) is 12.1 Å². The molecule has 29 heavy (non-hydrogen) atoms. The monoisotopic (exact) mass is 431 g/mol. The van der Waals surface area contributed by atoms with Crippen LogP contribution in [0, 0.1) is 0 Å². The molecular weight excluding hydrogens is 411 g/mol. The molecule has 0 aromatic heterocycles. The summed E-state index contributed by atoms with van der Waals surface area (Å²) in [6.45, 7) is 0.154. The largest absolute Gasteiger partial charge is 0.416 e. The quantitative estimate of drug-likeness (QED) is 0.623. The number of halogens is 4. The Labute approximate surface area is 172 Å². The lowest BCUT2D eigenvalue weighted by Gasteiger charge is -2.15. The van der Waals surface area contributed by atoms with Crippen molar-refractivity contribution in [2.24, 2.45) is 5.73 Å². The lowest BCUT2D eigenvalue weighted by atomic mass is 10.1. The van der Waals surface area contributed by atoms with Gasteiger partial charge in [0, 0.05) is 19.3 Å². The number of nitrogens with one attached hydrogen (secondary N) is 2. The van der Waals surface area contributed by atoms with Crippen LogP contribution >= 0.6 is 12.4 Å². The molecule has 10 heteroatoms. The Morgan fingerprint density at radius 1 is 1.10 bits per heavy atom. The van der Waals surface area contributed by atoms with Crippen LogP contribution in [0.2, 0.25) is 0 Å². The summed E-state index contributed by atoms with van der Waals surface area (Å²) in [7, 11) is 1.43. The number of ether oxygens (including phenoxy) is 1. The maximum absolute atomic E-state index is 12.8. The molecule has 2 aromatic rings. The summed E-state index contributed by atoms with van der Waals surface area (Å²) in [6, 6.07) is 10.5. The van der Waals surface area contributed by atoms with Gasteiger partial charge in [0.2, 0.25) is 5.91 Å². The summed E-state index contributed by atoms with van der Waals surface area (Å²) >= 11 is 0. The molecule has 0 aliphatic carbocycles. The van der Waals surface area contributed by atoms with Gasteiger partial charge in [-0.05, 0) is 30.3 Å². The Morgan fingerprint density at radius 2 is 1.79 bits per heavy atom. The average Bonchev–Trinajstić information content (AvgIpc) is 2.66. The van der Waals surface area contributed by atoms with E-state index in [-0.39, 0.29) is 42.3 Å². The predicted octanol–water partition coefficient (Wildman–Crippen LogP) is 3.68. The number of methoxy groups -OCH3 is 1. The zero-order valence-electron chi connectivity index (χ0n) is 15.5. The number of amides is 2. The van der Waals surface area contributed by atoms with Gasteiger partial charge in [0.15, 0.2) is 0 Å². The smallest absolute Gasteiger partial charge is 0.380 e. The van der Waals surface area contributed by atoms with Crippen molar-refractivity contribution in [3.8, 4) is 0 Å². The van der Waals surface area contributed by atoms with E-state index >= 15 is 0 Å². The molecular formula is C19H21ClF3N3O3. The number of hydrogen-bond donors (Lipinski definition) is 3. The minimum absolute atomic E-state index is 0. The van der Waals surface area contributed by atoms with Crippen molar-refractivity contribution < 1.29 is 27.5 Å². The highest BCUT2D eigenvalue weighted by Gasteiger charge is 2.30. The second-order valence-corrected chi connectivity index (χ2v) is 5.92. The van der Waals surface area contributed by atoms with Gasteiger partial charge in [-0.2, -0.15) is 13.2 Å². The summed E-state index contributed by atoms with van der Waals surface area (Å²) in [5, 5.41) is 5.01. The number of carbonyl (C=O) groups is 2. The van der Waals surface area contributed by atoms with E-state index in [1.165, 1.54) is 31.4 Å². The van der Waals surface area contributed by atoms with Crippen molar-refractivity contribution in [3.05, 3.63) is 59.7 Å². The highest BCUT2D eigenvalue weighted by atomic mass is 35.5. The number of benzene rings is 2. The van der Waals surface area contributed by atoms with Gasteiger partial charge in [0.25, 0.3) is 5.91 Å². The molecule has 0 heterocycles. The van der Waals surface area contributed by atoms with Crippen molar-refractivity contribution in [3.63, 3.8) is 0 Å². The molecule has 1 unspecified atom stereocenters. The molecule has 2 rings (SSSR count). The first-order valence-corrected chi connectivity index (χ1v) is 8.35. The summed E-state index contributed by atoms with van der Waals surface area (Å²) in [5.74, 6) is -1.06. The van der Waals surface area contributed by atoms with Gasteiger partial charge < -0.3 is 21.1 Å². The number of nitrogens with two attached hydrogens (primary N) is 1. The van der Waals surface area contributed by atoms with Gasteiger partial charge in [-0.25, -0.2) is 0 Å². The van der Waals surface area contributed by atoms with Gasteiger partial charge >= 0.3 is 6.18 Å². The molecule has 0 aliphatic heterocycles. The number of carbonyl (C=O) groups excluding carboxylic acids is 2. The number of para-hydroxylation sites is 1. The molecule has 0 spiro atoms. The number of hydrogen-bond acceptors (Lipinski definition) is 4.